The van der Waals surface area contributed by atoms with Gasteiger partial charge in [0.2, 0.25) is 0 Å². The fourth-order valence-corrected chi connectivity index (χ4v) is 2.87. The van der Waals surface area contributed by atoms with Gasteiger partial charge in [0.05, 0.1) is 0 Å². The van der Waals surface area contributed by atoms with Gasteiger partial charge in [-0.1, -0.05) is 30.3 Å². The molecule has 2 aromatic rings. The first kappa shape index (κ1) is 13.7. The topological polar surface area (TPSA) is 29.5 Å². The molecule has 0 bridgehead atoms. The number of amides is 1. The highest BCUT2D eigenvalue weighted by molar-refractivity contribution is 5.97. The molecular weight excluding hydrogens is 262 g/mol. The normalized spacial score (nSPS) is 16.7. The summed E-state index contributed by atoms with van der Waals surface area (Å²) in [6.07, 6.45) is 0.909. The summed E-state index contributed by atoms with van der Waals surface area (Å²) in [5.41, 5.74) is 3.37. The smallest absolute Gasteiger partial charge is 0.265 e. The third kappa shape index (κ3) is 2.77. The molecule has 0 spiro atoms. The molecule has 0 aliphatic carbocycles. The van der Waals surface area contributed by atoms with Crippen molar-refractivity contribution in [2.75, 3.05) is 11.5 Å². The standard InChI is InChI=1S/C18H19NO2/c1-13-6-5-8-16(10-13)21-12-18(20)19-14(2)11-15-7-3-4-9-17(15)19/h3-10,14H,11-12H2,1-2H3. The van der Waals surface area contributed by atoms with E-state index in [-0.39, 0.29) is 18.6 Å². The number of anilines is 1. The highest BCUT2D eigenvalue weighted by Gasteiger charge is 2.30. The van der Waals surface area contributed by atoms with Crippen LogP contribution in [0.4, 0.5) is 5.69 Å². The van der Waals surface area contributed by atoms with E-state index in [1.165, 1.54) is 5.56 Å². The van der Waals surface area contributed by atoms with Gasteiger partial charge in [-0.15, -0.1) is 0 Å². The zero-order chi connectivity index (χ0) is 14.8. The van der Waals surface area contributed by atoms with Gasteiger partial charge in [0.15, 0.2) is 6.61 Å². The molecule has 3 heteroatoms. The van der Waals surface area contributed by atoms with Crippen LogP contribution in [0.15, 0.2) is 48.5 Å². The maximum Gasteiger partial charge on any atom is 0.265 e. The van der Waals surface area contributed by atoms with Gasteiger partial charge in [-0.2, -0.15) is 0 Å². The van der Waals surface area contributed by atoms with Crippen molar-refractivity contribution in [1.29, 1.82) is 0 Å². The molecule has 0 radical (unpaired) electrons. The van der Waals surface area contributed by atoms with Crippen molar-refractivity contribution in [1.82, 2.24) is 0 Å². The van der Waals surface area contributed by atoms with E-state index >= 15 is 0 Å². The summed E-state index contributed by atoms with van der Waals surface area (Å²) in [6, 6.07) is 16.0. The number of rotatable bonds is 3. The Labute approximate surface area is 125 Å². The number of benzene rings is 2. The van der Waals surface area contributed by atoms with Gasteiger partial charge in [0, 0.05) is 11.7 Å². The number of hydrogen-bond acceptors (Lipinski definition) is 2. The minimum absolute atomic E-state index is 0.00829. The van der Waals surface area contributed by atoms with Gasteiger partial charge in [0.1, 0.15) is 5.75 Å². The number of para-hydroxylation sites is 1. The van der Waals surface area contributed by atoms with E-state index < -0.39 is 0 Å². The summed E-state index contributed by atoms with van der Waals surface area (Å²) in [6.45, 7) is 4.15. The lowest BCUT2D eigenvalue weighted by atomic mass is 10.1. The summed E-state index contributed by atoms with van der Waals surface area (Å²) >= 11 is 0. The SMILES string of the molecule is Cc1cccc(OCC(=O)N2c3ccccc3CC2C)c1. The first-order valence-corrected chi connectivity index (χ1v) is 7.24. The molecular formula is C18H19NO2. The molecule has 0 N–H and O–H groups in total. The maximum atomic E-state index is 12.5. The number of carbonyl (C=O) groups excluding carboxylic acids is 1. The Hall–Kier alpha value is -2.29. The quantitative estimate of drug-likeness (QED) is 0.863. The van der Waals surface area contributed by atoms with Crippen LogP contribution in [0.25, 0.3) is 0 Å². The van der Waals surface area contributed by atoms with Gasteiger partial charge in [-0.25, -0.2) is 0 Å². The van der Waals surface area contributed by atoms with Crippen LogP contribution in [0.5, 0.6) is 5.75 Å². The van der Waals surface area contributed by atoms with E-state index in [2.05, 4.69) is 13.0 Å². The van der Waals surface area contributed by atoms with Gasteiger partial charge in [-0.05, 0) is 49.6 Å². The zero-order valence-corrected chi connectivity index (χ0v) is 12.4. The van der Waals surface area contributed by atoms with Crippen LogP contribution in [0.2, 0.25) is 0 Å². The minimum Gasteiger partial charge on any atom is -0.484 e. The number of ether oxygens (including phenoxy) is 1. The number of carbonyl (C=O) groups is 1. The minimum atomic E-state index is 0.00829. The van der Waals surface area contributed by atoms with E-state index in [4.69, 9.17) is 4.74 Å². The van der Waals surface area contributed by atoms with E-state index in [0.29, 0.717) is 0 Å². The molecule has 1 aliphatic heterocycles. The second kappa shape index (κ2) is 5.60. The van der Waals surface area contributed by atoms with Crippen LogP contribution in [0.1, 0.15) is 18.1 Å². The number of aryl methyl sites for hydroxylation is 1. The molecule has 1 atom stereocenters. The molecule has 0 saturated heterocycles. The third-order valence-corrected chi connectivity index (χ3v) is 3.83. The average Bonchev–Trinajstić information content (AvgIpc) is 2.81. The van der Waals surface area contributed by atoms with Crippen LogP contribution >= 0.6 is 0 Å². The molecule has 108 valence electrons. The van der Waals surface area contributed by atoms with Gasteiger partial charge >= 0.3 is 0 Å². The highest BCUT2D eigenvalue weighted by Crippen LogP contribution is 2.31. The largest absolute Gasteiger partial charge is 0.484 e. The number of fused-ring (bicyclic) bond motifs is 1. The maximum absolute atomic E-state index is 12.5. The molecule has 0 fully saturated rings. The van der Waals surface area contributed by atoms with Crippen molar-refractivity contribution >= 4 is 11.6 Å². The van der Waals surface area contributed by atoms with Crippen LogP contribution in [-0.4, -0.2) is 18.6 Å². The molecule has 1 amide bonds. The van der Waals surface area contributed by atoms with Gasteiger partial charge < -0.3 is 9.64 Å². The molecule has 0 aromatic heterocycles. The van der Waals surface area contributed by atoms with Crippen molar-refractivity contribution in [3.05, 3.63) is 59.7 Å². The highest BCUT2D eigenvalue weighted by atomic mass is 16.5. The Kier molecular flexibility index (Phi) is 3.65. The van der Waals surface area contributed by atoms with Crippen molar-refractivity contribution in [2.45, 2.75) is 26.3 Å². The predicted molar refractivity (Wildman–Crippen MR) is 83.8 cm³/mol. The summed E-state index contributed by atoms with van der Waals surface area (Å²) in [5, 5.41) is 0. The second-order valence-electron chi connectivity index (χ2n) is 5.55. The molecule has 1 aliphatic rings. The fourth-order valence-electron chi connectivity index (χ4n) is 2.87. The Bertz CT molecular complexity index is 666. The Morgan fingerprint density at radius 2 is 2.05 bits per heavy atom. The van der Waals surface area contributed by atoms with Crippen molar-refractivity contribution in [3.8, 4) is 5.75 Å². The first-order chi connectivity index (χ1) is 10.1. The Morgan fingerprint density at radius 3 is 2.86 bits per heavy atom. The lowest BCUT2D eigenvalue weighted by Gasteiger charge is -2.22. The molecule has 3 rings (SSSR count). The van der Waals surface area contributed by atoms with Crippen LogP contribution in [0, 0.1) is 6.92 Å². The molecule has 2 aromatic carbocycles. The average molecular weight is 281 g/mol. The van der Waals surface area contributed by atoms with E-state index in [0.717, 1.165) is 23.4 Å². The molecule has 1 unspecified atom stereocenters. The van der Waals surface area contributed by atoms with Crippen LogP contribution in [-0.2, 0) is 11.2 Å². The molecule has 1 heterocycles. The van der Waals surface area contributed by atoms with E-state index in [1.54, 1.807) is 0 Å². The first-order valence-electron chi connectivity index (χ1n) is 7.24. The fraction of sp³-hybridized carbons (Fsp3) is 0.278. The monoisotopic (exact) mass is 281 g/mol. The summed E-state index contributed by atoms with van der Waals surface area (Å²) in [7, 11) is 0. The molecule has 21 heavy (non-hydrogen) atoms. The predicted octanol–water partition coefficient (Wildman–Crippen LogP) is 3.35. The van der Waals surface area contributed by atoms with E-state index in [1.807, 2.05) is 54.3 Å². The van der Waals surface area contributed by atoms with Crippen LogP contribution in [0.3, 0.4) is 0 Å². The lowest BCUT2D eigenvalue weighted by molar-refractivity contribution is -0.120. The summed E-state index contributed by atoms with van der Waals surface area (Å²) in [5.74, 6) is 0.748. The van der Waals surface area contributed by atoms with Gasteiger partial charge in [0.25, 0.3) is 5.91 Å². The lowest BCUT2D eigenvalue weighted by Crippen LogP contribution is -2.39. The van der Waals surface area contributed by atoms with Crippen LogP contribution < -0.4 is 9.64 Å². The molecule has 0 saturated carbocycles. The number of nitrogens with zero attached hydrogens (tertiary/aromatic N) is 1. The third-order valence-electron chi connectivity index (χ3n) is 3.83. The van der Waals surface area contributed by atoms with Crippen molar-refractivity contribution in [2.24, 2.45) is 0 Å². The Balaban J connectivity index is 1.71. The zero-order valence-electron chi connectivity index (χ0n) is 12.4. The van der Waals surface area contributed by atoms with E-state index in [9.17, 15) is 4.79 Å². The van der Waals surface area contributed by atoms with Crippen molar-refractivity contribution in [3.63, 3.8) is 0 Å². The number of hydrogen-bond donors (Lipinski definition) is 0. The summed E-state index contributed by atoms with van der Waals surface area (Å²) < 4.78 is 5.63. The van der Waals surface area contributed by atoms with Crippen molar-refractivity contribution < 1.29 is 9.53 Å². The molecule has 3 nitrogen and oxygen atoms in total. The Morgan fingerprint density at radius 1 is 1.24 bits per heavy atom. The summed E-state index contributed by atoms with van der Waals surface area (Å²) in [4.78, 5) is 14.3. The second-order valence-corrected chi connectivity index (χ2v) is 5.55. The van der Waals surface area contributed by atoms with Gasteiger partial charge in [-0.3, -0.25) is 4.79 Å².